The Hall–Kier alpha value is -2.16. The Kier molecular flexibility index (Phi) is 2.01. The van der Waals surface area contributed by atoms with E-state index in [-0.39, 0.29) is 22.9 Å². The average molecular weight is 226 g/mol. The Morgan fingerprint density at radius 3 is 2.29 bits per heavy atom. The van der Waals surface area contributed by atoms with Gasteiger partial charge in [0, 0.05) is 16.7 Å². The van der Waals surface area contributed by atoms with E-state index in [1.54, 1.807) is 12.1 Å². The fourth-order valence-corrected chi connectivity index (χ4v) is 2.39. The predicted octanol–water partition coefficient (Wildman–Crippen LogP) is 2.42. The molecule has 0 radical (unpaired) electrons. The summed E-state index contributed by atoms with van der Waals surface area (Å²) in [6, 6.07) is 4.62. The smallest absolute Gasteiger partial charge is 0.194 e. The molecule has 0 spiro atoms. The quantitative estimate of drug-likeness (QED) is 0.691. The zero-order valence-corrected chi connectivity index (χ0v) is 9.06. The molecule has 3 nitrogen and oxygen atoms in total. The van der Waals surface area contributed by atoms with Gasteiger partial charge < -0.3 is 5.11 Å². The van der Waals surface area contributed by atoms with Crippen molar-refractivity contribution in [2.45, 2.75) is 12.8 Å². The second kappa shape index (κ2) is 3.42. The Morgan fingerprint density at radius 2 is 1.59 bits per heavy atom. The average Bonchev–Trinajstić information content (AvgIpc) is 2.36. The number of phenols is 1. The molecular weight excluding hydrogens is 216 g/mol. The van der Waals surface area contributed by atoms with E-state index < -0.39 is 0 Å². The number of fused-ring (bicyclic) bond motifs is 1. The van der Waals surface area contributed by atoms with Gasteiger partial charge in [0.15, 0.2) is 11.6 Å². The van der Waals surface area contributed by atoms with E-state index in [4.69, 9.17) is 0 Å². The summed E-state index contributed by atoms with van der Waals surface area (Å²) < 4.78 is 0. The van der Waals surface area contributed by atoms with Crippen LogP contribution in [-0.2, 0) is 0 Å². The van der Waals surface area contributed by atoms with Gasteiger partial charge in [-0.1, -0.05) is 24.3 Å². The summed E-state index contributed by atoms with van der Waals surface area (Å²) in [4.78, 5) is 24.4. The van der Waals surface area contributed by atoms with Crippen molar-refractivity contribution in [3.8, 4) is 5.75 Å². The molecular formula is C14H10O3. The second-order valence-corrected chi connectivity index (χ2v) is 4.19. The number of Topliss-reactive ketones (excluding diaryl/α,β-unsaturated/α-hetero) is 2. The lowest BCUT2D eigenvalue weighted by Crippen LogP contribution is -2.23. The predicted molar refractivity (Wildman–Crippen MR) is 62.2 cm³/mol. The first kappa shape index (κ1) is 10.0. The standard InChI is InChI=1S/C14H10O3/c15-11-7-3-6-10-12(11)14(17)9-5-2-1-4-8(9)13(10)16/h1-3,6-7,15H,4-5H2. The van der Waals surface area contributed by atoms with E-state index in [1.807, 2.05) is 12.2 Å². The van der Waals surface area contributed by atoms with E-state index in [2.05, 4.69) is 0 Å². The third kappa shape index (κ3) is 1.29. The molecule has 2 aliphatic carbocycles. The molecule has 0 aromatic heterocycles. The number of hydrogen-bond donors (Lipinski definition) is 1. The number of rotatable bonds is 0. The number of aromatic hydroxyl groups is 1. The number of allylic oxidation sites excluding steroid dienone is 4. The zero-order chi connectivity index (χ0) is 12.0. The minimum atomic E-state index is -0.211. The van der Waals surface area contributed by atoms with Gasteiger partial charge >= 0.3 is 0 Å². The van der Waals surface area contributed by atoms with Crippen molar-refractivity contribution < 1.29 is 14.7 Å². The van der Waals surface area contributed by atoms with Crippen molar-refractivity contribution >= 4 is 11.6 Å². The van der Waals surface area contributed by atoms with Gasteiger partial charge in [0.05, 0.1) is 5.56 Å². The Morgan fingerprint density at radius 1 is 0.941 bits per heavy atom. The minimum absolute atomic E-state index is 0.109. The molecule has 3 heteroatoms. The van der Waals surface area contributed by atoms with Gasteiger partial charge in [0.2, 0.25) is 0 Å². The van der Waals surface area contributed by atoms with Gasteiger partial charge in [-0.2, -0.15) is 0 Å². The molecule has 0 atom stereocenters. The summed E-state index contributed by atoms with van der Waals surface area (Å²) in [5, 5.41) is 9.72. The summed E-state index contributed by atoms with van der Waals surface area (Å²) in [6.07, 6.45) is 4.77. The van der Waals surface area contributed by atoms with Gasteiger partial charge in [-0.25, -0.2) is 0 Å². The first-order valence-corrected chi connectivity index (χ1v) is 5.48. The molecule has 0 saturated heterocycles. The van der Waals surface area contributed by atoms with Crippen LogP contribution in [0.2, 0.25) is 0 Å². The van der Waals surface area contributed by atoms with E-state index in [9.17, 15) is 14.7 Å². The molecule has 1 aromatic carbocycles. The van der Waals surface area contributed by atoms with Crippen LogP contribution in [0, 0.1) is 0 Å². The summed E-state index contributed by atoms with van der Waals surface area (Å²) in [6.45, 7) is 0. The van der Waals surface area contributed by atoms with Crippen molar-refractivity contribution in [1.29, 1.82) is 0 Å². The first-order chi connectivity index (χ1) is 8.20. The lowest BCUT2D eigenvalue weighted by Gasteiger charge is -2.22. The molecule has 2 aliphatic rings. The van der Waals surface area contributed by atoms with Gasteiger partial charge in [0.25, 0.3) is 0 Å². The van der Waals surface area contributed by atoms with Gasteiger partial charge in [-0.3, -0.25) is 9.59 Å². The van der Waals surface area contributed by atoms with Gasteiger partial charge in [0.1, 0.15) is 5.75 Å². The van der Waals surface area contributed by atoms with Gasteiger partial charge in [-0.15, -0.1) is 0 Å². The van der Waals surface area contributed by atoms with Crippen molar-refractivity contribution in [3.63, 3.8) is 0 Å². The van der Waals surface area contributed by atoms with E-state index in [0.29, 0.717) is 29.6 Å². The van der Waals surface area contributed by atoms with Crippen LogP contribution in [0.4, 0.5) is 0 Å². The molecule has 1 aromatic rings. The minimum Gasteiger partial charge on any atom is -0.507 e. The highest BCUT2D eigenvalue weighted by atomic mass is 16.3. The van der Waals surface area contributed by atoms with Crippen LogP contribution in [0.1, 0.15) is 33.6 Å². The van der Waals surface area contributed by atoms with Crippen molar-refractivity contribution in [1.82, 2.24) is 0 Å². The number of ketones is 2. The van der Waals surface area contributed by atoms with Crippen LogP contribution in [0.15, 0.2) is 41.5 Å². The lowest BCUT2D eigenvalue weighted by atomic mass is 9.79. The monoisotopic (exact) mass is 226 g/mol. The Bertz CT molecular complexity index is 606. The van der Waals surface area contributed by atoms with Crippen LogP contribution in [0.5, 0.6) is 5.75 Å². The Balaban J connectivity index is 2.26. The normalized spacial score (nSPS) is 18.1. The topological polar surface area (TPSA) is 54.4 Å². The van der Waals surface area contributed by atoms with Crippen LogP contribution >= 0.6 is 0 Å². The molecule has 3 rings (SSSR count). The summed E-state index contributed by atoms with van der Waals surface area (Å²) in [5.74, 6) is -0.450. The van der Waals surface area contributed by atoms with Crippen LogP contribution in [0.25, 0.3) is 0 Å². The van der Waals surface area contributed by atoms with Gasteiger partial charge in [-0.05, 0) is 18.9 Å². The number of carbonyl (C=O) groups is 2. The highest BCUT2D eigenvalue weighted by Crippen LogP contribution is 2.36. The largest absolute Gasteiger partial charge is 0.507 e. The molecule has 1 N–H and O–H groups in total. The third-order valence-electron chi connectivity index (χ3n) is 3.24. The zero-order valence-electron chi connectivity index (χ0n) is 9.06. The van der Waals surface area contributed by atoms with E-state index in [1.165, 1.54) is 6.07 Å². The fourth-order valence-electron chi connectivity index (χ4n) is 2.39. The first-order valence-electron chi connectivity index (χ1n) is 5.48. The Labute approximate surface area is 98.1 Å². The highest BCUT2D eigenvalue weighted by molar-refractivity contribution is 6.28. The molecule has 0 unspecified atom stereocenters. The molecule has 0 saturated carbocycles. The SMILES string of the molecule is O=C1C2=C(CC=CC2)C(=O)c2c(O)cccc21. The van der Waals surface area contributed by atoms with E-state index in [0.717, 1.165) is 0 Å². The summed E-state index contributed by atoms with van der Waals surface area (Å²) in [5.41, 5.74) is 1.60. The van der Waals surface area contributed by atoms with Crippen molar-refractivity contribution in [3.05, 3.63) is 52.6 Å². The maximum atomic E-state index is 12.2. The third-order valence-corrected chi connectivity index (χ3v) is 3.24. The molecule has 0 aliphatic heterocycles. The molecule has 0 heterocycles. The summed E-state index contributed by atoms with van der Waals surface area (Å²) in [7, 11) is 0. The van der Waals surface area contributed by atoms with Crippen molar-refractivity contribution in [2.24, 2.45) is 0 Å². The van der Waals surface area contributed by atoms with E-state index >= 15 is 0 Å². The molecule has 0 fully saturated rings. The number of carbonyl (C=O) groups excluding carboxylic acids is 2. The fraction of sp³-hybridized carbons (Fsp3) is 0.143. The van der Waals surface area contributed by atoms with Crippen LogP contribution in [-0.4, -0.2) is 16.7 Å². The molecule has 0 bridgehead atoms. The molecule has 84 valence electrons. The lowest BCUT2D eigenvalue weighted by molar-refractivity contribution is 0.0968. The maximum Gasteiger partial charge on any atom is 0.194 e. The molecule has 17 heavy (non-hydrogen) atoms. The van der Waals surface area contributed by atoms with Crippen LogP contribution in [0.3, 0.4) is 0 Å². The molecule has 0 amide bonds. The van der Waals surface area contributed by atoms with Crippen LogP contribution < -0.4 is 0 Å². The second-order valence-electron chi connectivity index (χ2n) is 4.19. The summed E-state index contributed by atoms with van der Waals surface area (Å²) >= 11 is 0. The van der Waals surface area contributed by atoms with Crippen molar-refractivity contribution in [2.75, 3.05) is 0 Å². The number of hydrogen-bond acceptors (Lipinski definition) is 3. The maximum absolute atomic E-state index is 12.2. The number of phenolic OH excluding ortho intramolecular Hbond substituents is 1. The number of benzene rings is 1. The highest BCUT2D eigenvalue weighted by Gasteiger charge is 2.33.